The number of hydrogen-bond acceptors (Lipinski definition) is 7. The van der Waals surface area contributed by atoms with Crippen LogP contribution in [0.4, 0.5) is 11.6 Å². The van der Waals surface area contributed by atoms with Crippen molar-refractivity contribution >= 4 is 23.5 Å². The third-order valence-corrected chi connectivity index (χ3v) is 4.90. The highest BCUT2D eigenvalue weighted by molar-refractivity contribution is 6.02. The minimum atomic E-state index is -0.337. The van der Waals surface area contributed by atoms with Crippen LogP contribution in [0.5, 0.6) is 0 Å². The van der Waals surface area contributed by atoms with E-state index in [1.807, 2.05) is 17.0 Å². The molecule has 4 rings (SSSR count). The molecule has 0 radical (unpaired) electrons. The van der Waals surface area contributed by atoms with Gasteiger partial charge in [-0.2, -0.15) is 0 Å². The highest BCUT2D eigenvalue weighted by Gasteiger charge is 2.22. The molecule has 1 aliphatic rings. The number of nitrogens with one attached hydrogen (secondary N) is 1. The van der Waals surface area contributed by atoms with Gasteiger partial charge in [0, 0.05) is 50.3 Å². The summed E-state index contributed by atoms with van der Waals surface area (Å²) in [7, 11) is 0. The first-order chi connectivity index (χ1) is 14.6. The van der Waals surface area contributed by atoms with Crippen LogP contribution in [-0.2, 0) is 11.2 Å². The molecule has 0 spiro atoms. The summed E-state index contributed by atoms with van der Waals surface area (Å²) >= 11 is 0. The summed E-state index contributed by atoms with van der Waals surface area (Å²) in [4.78, 5) is 37.2. The predicted octanol–water partition coefficient (Wildman–Crippen LogP) is 1.92. The molecular formula is C21H22N6O3. The summed E-state index contributed by atoms with van der Waals surface area (Å²) in [6, 6.07) is 10.6. The molecule has 154 valence electrons. The Labute approximate surface area is 173 Å². The molecule has 30 heavy (non-hydrogen) atoms. The van der Waals surface area contributed by atoms with Gasteiger partial charge in [0.25, 0.3) is 5.91 Å². The van der Waals surface area contributed by atoms with Crippen LogP contribution < -0.4 is 10.2 Å². The molecule has 9 heteroatoms. The molecule has 2 amide bonds. The highest BCUT2D eigenvalue weighted by atomic mass is 16.5. The number of rotatable bonds is 5. The second-order valence-corrected chi connectivity index (χ2v) is 7.07. The number of aryl methyl sites for hydroxylation is 1. The lowest BCUT2D eigenvalue weighted by atomic mass is 10.1. The summed E-state index contributed by atoms with van der Waals surface area (Å²) in [6.45, 7) is 4.43. The minimum absolute atomic E-state index is 0.0819. The number of carbonyl (C=O) groups excluding carboxylic acids is 2. The van der Waals surface area contributed by atoms with Gasteiger partial charge in [-0.3, -0.25) is 9.59 Å². The Hall–Kier alpha value is -3.75. The number of aromatic nitrogens is 3. The van der Waals surface area contributed by atoms with Crippen LogP contribution in [0.15, 0.2) is 53.3 Å². The third kappa shape index (κ3) is 4.62. The molecule has 1 fully saturated rings. The SMILES string of the molecule is Cc1cc(C(=O)Nc2ccc(CC(=O)N3CCN(c4ncccn4)CC3)cc2)no1. The lowest BCUT2D eigenvalue weighted by Crippen LogP contribution is -2.49. The van der Waals surface area contributed by atoms with Crippen molar-refractivity contribution < 1.29 is 14.1 Å². The molecule has 0 bridgehead atoms. The zero-order chi connectivity index (χ0) is 20.9. The Morgan fingerprint density at radius 3 is 2.40 bits per heavy atom. The Kier molecular flexibility index (Phi) is 5.69. The van der Waals surface area contributed by atoms with Gasteiger partial charge in [-0.1, -0.05) is 17.3 Å². The number of hydrogen-bond donors (Lipinski definition) is 1. The summed E-state index contributed by atoms with van der Waals surface area (Å²) in [5.41, 5.74) is 1.75. The Morgan fingerprint density at radius 2 is 1.77 bits per heavy atom. The molecule has 2 aromatic heterocycles. The van der Waals surface area contributed by atoms with Gasteiger partial charge in [-0.05, 0) is 30.7 Å². The maximum Gasteiger partial charge on any atom is 0.277 e. The Balaban J connectivity index is 1.28. The van der Waals surface area contributed by atoms with E-state index >= 15 is 0 Å². The van der Waals surface area contributed by atoms with Gasteiger partial charge in [0.2, 0.25) is 11.9 Å². The molecule has 1 aromatic carbocycles. The summed E-state index contributed by atoms with van der Waals surface area (Å²) in [5.74, 6) is 1.02. The molecule has 1 saturated heterocycles. The fraction of sp³-hybridized carbons (Fsp3) is 0.286. The van der Waals surface area contributed by atoms with Crippen LogP contribution in [0, 0.1) is 6.92 Å². The smallest absolute Gasteiger partial charge is 0.277 e. The van der Waals surface area contributed by atoms with Crippen molar-refractivity contribution in [1.29, 1.82) is 0 Å². The first-order valence-corrected chi connectivity index (χ1v) is 9.72. The lowest BCUT2D eigenvalue weighted by molar-refractivity contribution is -0.130. The van der Waals surface area contributed by atoms with Crippen LogP contribution in [0.1, 0.15) is 21.8 Å². The third-order valence-electron chi connectivity index (χ3n) is 4.90. The molecule has 1 N–H and O–H groups in total. The van der Waals surface area contributed by atoms with E-state index in [1.165, 1.54) is 0 Å². The average molecular weight is 406 g/mol. The fourth-order valence-corrected chi connectivity index (χ4v) is 3.27. The first kappa shape index (κ1) is 19.6. The number of benzene rings is 1. The number of carbonyl (C=O) groups is 2. The van der Waals surface area contributed by atoms with E-state index < -0.39 is 0 Å². The van der Waals surface area contributed by atoms with E-state index in [2.05, 4.69) is 25.3 Å². The van der Waals surface area contributed by atoms with Crippen molar-refractivity contribution in [3.05, 3.63) is 65.8 Å². The molecule has 0 unspecified atom stereocenters. The van der Waals surface area contributed by atoms with E-state index in [9.17, 15) is 9.59 Å². The lowest BCUT2D eigenvalue weighted by Gasteiger charge is -2.34. The van der Waals surface area contributed by atoms with E-state index in [4.69, 9.17) is 4.52 Å². The van der Waals surface area contributed by atoms with Crippen LogP contribution >= 0.6 is 0 Å². The first-order valence-electron chi connectivity index (χ1n) is 9.72. The molecule has 9 nitrogen and oxygen atoms in total. The minimum Gasteiger partial charge on any atom is -0.361 e. The van der Waals surface area contributed by atoms with Gasteiger partial charge in [0.05, 0.1) is 6.42 Å². The molecule has 1 aliphatic heterocycles. The van der Waals surface area contributed by atoms with E-state index in [0.29, 0.717) is 50.0 Å². The van der Waals surface area contributed by atoms with E-state index in [0.717, 1.165) is 5.56 Å². The Bertz CT molecular complexity index is 1010. The van der Waals surface area contributed by atoms with Gasteiger partial charge in [-0.25, -0.2) is 9.97 Å². The van der Waals surface area contributed by atoms with Crippen LogP contribution in [0.2, 0.25) is 0 Å². The van der Waals surface area contributed by atoms with Crippen molar-refractivity contribution in [3.8, 4) is 0 Å². The molecule has 0 aliphatic carbocycles. The number of piperazine rings is 1. The maximum atomic E-state index is 12.6. The Morgan fingerprint density at radius 1 is 1.07 bits per heavy atom. The van der Waals surface area contributed by atoms with Crippen molar-refractivity contribution in [2.45, 2.75) is 13.3 Å². The topological polar surface area (TPSA) is 104 Å². The molecule has 3 heterocycles. The quantitative estimate of drug-likeness (QED) is 0.690. The van der Waals surface area contributed by atoms with Gasteiger partial charge in [0.15, 0.2) is 5.69 Å². The van der Waals surface area contributed by atoms with Crippen LogP contribution in [-0.4, -0.2) is 58.0 Å². The average Bonchev–Trinajstić information content (AvgIpc) is 3.22. The predicted molar refractivity (Wildman–Crippen MR) is 110 cm³/mol. The molecule has 0 atom stereocenters. The maximum absolute atomic E-state index is 12.6. The fourth-order valence-electron chi connectivity index (χ4n) is 3.27. The standard InChI is InChI=1S/C21H22N6O3/c1-15-13-18(25-30-15)20(29)24-17-5-3-16(4-6-17)14-19(28)26-9-11-27(12-10-26)21-22-7-2-8-23-21/h2-8,13H,9-12,14H2,1H3,(H,24,29). The van der Waals surface area contributed by atoms with Gasteiger partial charge in [-0.15, -0.1) is 0 Å². The summed E-state index contributed by atoms with van der Waals surface area (Å²) < 4.78 is 4.91. The van der Waals surface area contributed by atoms with Crippen molar-refractivity contribution in [2.75, 3.05) is 36.4 Å². The molecule has 3 aromatic rings. The van der Waals surface area contributed by atoms with E-state index in [-0.39, 0.29) is 17.5 Å². The number of anilines is 2. The van der Waals surface area contributed by atoms with Crippen molar-refractivity contribution in [1.82, 2.24) is 20.0 Å². The second kappa shape index (κ2) is 8.73. The van der Waals surface area contributed by atoms with E-state index in [1.54, 1.807) is 43.6 Å². The molecule has 0 saturated carbocycles. The number of amides is 2. The van der Waals surface area contributed by atoms with Crippen LogP contribution in [0.3, 0.4) is 0 Å². The number of nitrogens with zero attached hydrogens (tertiary/aromatic N) is 5. The summed E-state index contributed by atoms with van der Waals surface area (Å²) in [6.07, 6.45) is 3.76. The largest absolute Gasteiger partial charge is 0.361 e. The highest BCUT2D eigenvalue weighted by Crippen LogP contribution is 2.14. The summed E-state index contributed by atoms with van der Waals surface area (Å²) in [5, 5.41) is 6.46. The molecular weight excluding hydrogens is 384 g/mol. The zero-order valence-corrected chi connectivity index (χ0v) is 16.6. The zero-order valence-electron chi connectivity index (χ0n) is 16.6. The normalized spacial score (nSPS) is 13.9. The van der Waals surface area contributed by atoms with Gasteiger partial charge >= 0.3 is 0 Å². The van der Waals surface area contributed by atoms with Gasteiger partial charge < -0.3 is 19.6 Å². The van der Waals surface area contributed by atoms with Crippen molar-refractivity contribution in [2.24, 2.45) is 0 Å². The van der Waals surface area contributed by atoms with Crippen molar-refractivity contribution in [3.63, 3.8) is 0 Å². The monoisotopic (exact) mass is 406 g/mol. The van der Waals surface area contributed by atoms with Gasteiger partial charge in [0.1, 0.15) is 5.76 Å². The second-order valence-electron chi connectivity index (χ2n) is 7.07. The van der Waals surface area contributed by atoms with Crippen LogP contribution in [0.25, 0.3) is 0 Å².